The standard InChI is InChI=1S/C17H17NO3/c1-21-17-12(19)8-9-6-7-18-15-13(9)14(17)10-4-2-3-5-11(10)16(15)20/h2-5,8,15-16,18-20H,6-7H2,1H3/t15-,16-/m0/s1. The first kappa shape index (κ1) is 12.7. The van der Waals surface area contributed by atoms with Crippen molar-refractivity contribution in [2.24, 2.45) is 0 Å². The molecule has 0 fully saturated rings. The molecule has 0 amide bonds. The lowest BCUT2D eigenvalue weighted by Crippen LogP contribution is -2.36. The zero-order valence-electron chi connectivity index (χ0n) is 11.8. The van der Waals surface area contributed by atoms with E-state index in [0.29, 0.717) is 5.75 Å². The first-order valence-corrected chi connectivity index (χ1v) is 7.16. The molecule has 0 bridgehead atoms. The van der Waals surface area contributed by atoms with Gasteiger partial charge in [0.2, 0.25) is 0 Å². The topological polar surface area (TPSA) is 61.7 Å². The number of rotatable bonds is 1. The lowest BCUT2D eigenvalue weighted by Gasteiger charge is -2.38. The van der Waals surface area contributed by atoms with Crippen LogP contribution in [0.25, 0.3) is 11.1 Å². The van der Waals surface area contributed by atoms with Crippen LogP contribution in [0.2, 0.25) is 0 Å². The fourth-order valence-electron chi connectivity index (χ4n) is 3.65. The van der Waals surface area contributed by atoms with E-state index >= 15 is 0 Å². The Morgan fingerprint density at radius 3 is 2.90 bits per heavy atom. The molecule has 4 rings (SSSR count). The quantitative estimate of drug-likeness (QED) is 0.751. The second-order valence-corrected chi connectivity index (χ2v) is 5.59. The number of hydrogen-bond donors (Lipinski definition) is 3. The number of hydrogen-bond acceptors (Lipinski definition) is 4. The van der Waals surface area contributed by atoms with Gasteiger partial charge in [0.05, 0.1) is 19.3 Å². The predicted octanol–water partition coefficient (Wildman–Crippen LogP) is 2.30. The summed E-state index contributed by atoms with van der Waals surface area (Å²) < 4.78 is 5.45. The number of phenolic OH excluding ortho intramolecular Hbond substituents is 1. The molecule has 4 heteroatoms. The van der Waals surface area contributed by atoms with E-state index in [1.165, 1.54) is 0 Å². The Morgan fingerprint density at radius 1 is 1.29 bits per heavy atom. The molecule has 0 aromatic heterocycles. The molecular formula is C17H17NO3. The number of aromatic hydroxyl groups is 1. The smallest absolute Gasteiger partial charge is 0.168 e. The maximum atomic E-state index is 10.7. The van der Waals surface area contributed by atoms with Crippen molar-refractivity contribution in [3.8, 4) is 22.6 Å². The lowest BCUT2D eigenvalue weighted by molar-refractivity contribution is 0.123. The van der Waals surface area contributed by atoms with Crippen LogP contribution >= 0.6 is 0 Å². The highest BCUT2D eigenvalue weighted by molar-refractivity contribution is 5.83. The lowest BCUT2D eigenvalue weighted by atomic mass is 9.76. The number of nitrogens with one attached hydrogen (secondary N) is 1. The fourth-order valence-corrected chi connectivity index (χ4v) is 3.65. The molecule has 2 atom stereocenters. The number of benzene rings is 2. The molecule has 0 spiro atoms. The molecule has 3 N–H and O–H groups in total. The Balaban J connectivity index is 2.12. The first-order valence-electron chi connectivity index (χ1n) is 7.16. The van der Waals surface area contributed by atoms with Crippen molar-refractivity contribution < 1.29 is 14.9 Å². The van der Waals surface area contributed by atoms with Crippen LogP contribution in [0.5, 0.6) is 11.5 Å². The van der Waals surface area contributed by atoms with E-state index in [1.54, 1.807) is 13.2 Å². The third-order valence-corrected chi connectivity index (χ3v) is 4.52. The Labute approximate surface area is 123 Å². The van der Waals surface area contributed by atoms with Crippen molar-refractivity contribution in [2.45, 2.75) is 18.6 Å². The van der Waals surface area contributed by atoms with Gasteiger partial charge >= 0.3 is 0 Å². The van der Waals surface area contributed by atoms with Gasteiger partial charge in [-0.3, -0.25) is 0 Å². The van der Waals surface area contributed by atoms with Crippen molar-refractivity contribution >= 4 is 0 Å². The largest absolute Gasteiger partial charge is 0.504 e. The molecule has 2 aromatic carbocycles. The Kier molecular flexibility index (Phi) is 2.71. The number of aliphatic hydroxyl groups is 1. The molecule has 0 saturated heterocycles. The molecule has 2 aromatic rings. The number of ether oxygens (including phenoxy) is 1. The molecule has 108 valence electrons. The monoisotopic (exact) mass is 283 g/mol. The SMILES string of the molecule is COc1c(O)cc2c3c1-c1ccccc1[C@H](O)[C@H]3NCC2. The Morgan fingerprint density at radius 2 is 2.10 bits per heavy atom. The van der Waals surface area contributed by atoms with E-state index in [-0.39, 0.29) is 11.8 Å². The highest BCUT2D eigenvalue weighted by atomic mass is 16.5. The summed E-state index contributed by atoms with van der Waals surface area (Å²) in [6.45, 7) is 0.794. The second kappa shape index (κ2) is 4.48. The number of phenols is 1. The maximum absolute atomic E-state index is 10.7. The minimum absolute atomic E-state index is 0.145. The van der Waals surface area contributed by atoms with E-state index in [4.69, 9.17) is 4.74 Å². The molecule has 1 aliphatic carbocycles. The third kappa shape index (κ3) is 1.63. The van der Waals surface area contributed by atoms with Gasteiger partial charge in [0.1, 0.15) is 0 Å². The summed E-state index contributed by atoms with van der Waals surface area (Å²) in [5.41, 5.74) is 4.86. The second-order valence-electron chi connectivity index (χ2n) is 5.59. The van der Waals surface area contributed by atoms with E-state index in [2.05, 4.69) is 5.32 Å². The fraction of sp³-hybridized carbons (Fsp3) is 0.294. The first-order chi connectivity index (χ1) is 10.2. The zero-order valence-corrected chi connectivity index (χ0v) is 11.8. The number of aliphatic hydroxyl groups excluding tert-OH is 1. The molecule has 1 heterocycles. The van der Waals surface area contributed by atoms with Crippen LogP contribution in [0.4, 0.5) is 0 Å². The van der Waals surface area contributed by atoms with Crippen LogP contribution in [-0.2, 0) is 6.42 Å². The minimum atomic E-state index is -0.581. The summed E-state index contributed by atoms with van der Waals surface area (Å²) in [6, 6.07) is 9.40. The molecule has 2 aliphatic rings. The van der Waals surface area contributed by atoms with Gasteiger partial charge in [0.25, 0.3) is 0 Å². The van der Waals surface area contributed by atoms with E-state index in [9.17, 15) is 10.2 Å². The van der Waals surface area contributed by atoms with Gasteiger partial charge in [0, 0.05) is 5.56 Å². The van der Waals surface area contributed by atoms with Crippen molar-refractivity contribution in [1.29, 1.82) is 0 Å². The van der Waals surface area contributed by atoms with Gasteiger partial charge in [-0.25, -0.2) is 0 Å². The predicted molar refractivity (Wildman–Crippen MR) is 79.5 cm³/mol. The van der Waals surface area contributed by atoms with E-state index in [1.807, 2.05) is 24.3 Å². The summed E-state index contributed by atoms with van der Waals surface area (Å²) in [5, 5.41) is 24.4. The van der Waals surface area contributed by atoms with Gasteiger partial charge in [-0.2, -0.15) is 0 Å². The number of fused-ring (bicyclic) bond motifs is 2. The Bertz CT molecular complexity index is 726. The van der Waals surface area contributed by atoms with Gasteiger partial charge in [-0.15, -0.1) is 0 Å². The average molecular weight is 283 g/mol. The van der Waals surface area contributed by atoms with E-state index < -0.39 is 6.10 Å². The van der Waals surface area contributed by atoms with Crippen LogP contribution in [0, 0.1) is 0 Å². The van der Waals surface area contributed by atoms with E-state index in [0.717, 1.165) is 40.8 Å². The summed E-state index contributed by atoms with van der Waals surface area (Å²) in [6.07, 6.45) is 0.257. The molecule has 4 nitrogen and oxygen atoms in total. The summed E-state index contributed by atoms with van der Waals surface area (Å²) in [5.74, 6) is 0.653. The molecule has 21 heavy (non-hydrogen) atoms. The zero-order chi connectivity index (χ0) is 14.6. The van der Waals surface area contributed by atoms with Gasteiger partial charge in [0.15, 0.2) is 11.5 Å². The summed E-state index contributed by atoms with van der Waals surface area (Å²) in [7, 11) is 1.57. The Hall–Kier alpha value is -2.04. The normalized spacial score (nSPS) is 22.4. The van der Waals surface area contributed by atoms with Crippen molar-refractivity contribution in [3.05, 3.63) is 47.0 Å². The van der Waals surface area contributed by atoms with Crippen molar-refractivity contribution in [3.63, 3.8) is 0 Å². The molecule has 0 unspecified atom stereocenters. The van der Waals surface area contributed by atoms with Gasteiger partial charge < -0.3 is 20.3 Å². The summed E-state index contributed by atoms with van der Waals surface area (Å²) in [4.78, 5) is 0. The van der Waals surface area contributed by atoms with Gasteiger partial charge in [-0.1, -0.05) is 24.3 Å². The molecule has 0 saturated carbocycles. The molecular weight excluding hydrogens is 266 g/mol. The highest BCUT2D eigenvalue weighted by Gasteiger charge is 2.38. The highest BCUT2D eigenvalue weighted by Crippen LogP contribution is 2.53. The van der Waals surface area contributed by atoms with Crippen molar-refractivity contribution in [1.82, 2.24) is 5.32 Å². The maximum Gasteiger partial charge on any atom is 0.168 e. The average Bonchev–Trinajstić information content (AvgIpc) is 2.51. The minimum Gasteiger partial charge on any atom is -0.504 e. The molecule has 1 aliphatic heterocycles. The van der Waals surface area contributed by atoms with Crippen LogP contribution < -0.4 is 10.1 Å². The van der Waals surface area contributed by atoms with Crippen LogP contribution in [0.15, 0.2) is 30.3 Å². The van der Waals surface area contributed by atoms with Gasteiger partial charge in [-0.05, 0) is 41.3 Å². The van der Waals surface area contributed by atoms with Crippen molar-refractivity contribution in [2.75, 3.05) is 13.7 Å². The third-order valence-electron chi connectivity index (χ3n) is 4.52. The van der Waals surface area contributed by atoms with Crippen LogP contribution in [-0.4, -0.2) is 23.9 Å². The van der Waals surface area contributed by atoms with Crippen LogP contribution in [0.3, 0.4) is 0 Å². The molecule has 0 radical (unpaired) electrons. The number of methoxy groups -OCH3 is 1. The van der Waals surface area contributed by atoms with Crippen LogP contribution in [0.1, 0.15) is 28.8 Å². The summed E-state index contributed by atoms with van der Waals surface area (Å²) >= 11 is 0.